The van der Waals surface area contributed by atoms with Gasteiger partial charge in [0.25, 0.3) is 0 Å². The van der Waals surface area contributed by atoms with E-state index < -0.39 is 5.97 Å². The number of allylic oxidation sites excluding steroid dienone is 2. The molecule has 45 heavy (non-hydrogen) atoms. The average molecular weight is 640 g/mol. The molecule has 0 aromatic carbocycles. The number of amides is 2. The molecule has 0 heterocycles. The van der Waals surface area contributed by atoms with Crippen LogP contribution in [0.4, 0.5) is 0 Å². The number of carboxylic acid groups (broad SMARTS) is 1. The van der Waals surface area contributed by atoms with Crippen LogP contribution in [-0.2, 0) is 14.4 Å². The number of nitrogens with one attached hydrogen (secondary N) is 2. The lowest BCUT2D eigenvalue weighted by Gasteiger charge is -2.31. The summed E-state index contributed by atoms with van der Waals surface area (Å²) in [5, 5.41) is 26.2. The summed E-state index contributed by atoms with van der Waals surface area (Å²) in [7, 11) is 7.97. The summed E-state index contributed by atoms with van der Waals surface area (Å²) in [6.45, 7) is 13.2. The second kappa shape index (κ2) is 29.2. The highest BCUT2D eigenvalue weighted by molar-refractivity contribution is 5.76. The van der Waals surface area contributed by atoms with Crippen molar-refractivity contribution in [3.8, 4) is 0 Å². The summed E-state index contributed by atoms with van der Waals surface area (Å²) >= 11 is 0. The molecule has 2 amide bonds. The van der Waals surface area contributed by atoms with Crippen LogP contribution >= 0.6 is 0 Å². The topological polar surface area (TPSA) is 119 Å². The largest absolute Gasteiger partial charge is 0.544 e. The molecule has 264 valence electrons. The Kier molecular flexibility index (Phi) is 29.1. The number of carbonyl (C=O) groups excluding carboxylic acids is 3. The molecule has 0 aromatic heterocycles. The van der Waals surface area contributed by atoms with Gasteiger partial charge in [-0.3, -0.25) is 9.59 Å². The Balaban J connectivity index is 0. The van der Waals surface area contributed by atoms with Crippen LogP contribution in [0.25, 0.3) is 0 Å². The zero-order chi connectivity index (χ0) is 34.4. The summed E-state index contributed by atoms with van der Waals surface area (Å²) in [5.41, 5.74) is 0. The first kappa shape index (κ1) is 44.9. The van der Waals surface area contributed by atoms with Crippen molar-refractivity contribution in [1.29, 1.82) is 0 Å². The minimum Gasteiger partial charge on any atom is -0.544 e. The molecule has 0 saturated carbocycles. The predicted molar refractivity (Wildman–Crippen MR) is 185 cm³/mol. The SMILES string of the molecule is C=CCCCCCCCC(=O)NCCC[N+](C)(C)CC(=O)[O-].C=CCCCCCCCC(=O)NCCC[N+](C)(C)CC(O)CC. The van der Waals surface area contributed by atoms with Gasteiger partial charge in [0.05, 0.1) is 47.2 Å². The fourth-order valence-electron chi connectivity index (χ4n) is 5.08. The Morgan fingerprint density at radius 2 is 1.09 bits per heavy atom. The molecule has 0 rings (SSSR count). The van der Waals surface area contributed by atoms with E-state index in [-0.39, 0.29) is 24.5 Å². The van der Waals surface area contributed by atoms with Crippen molar-refractivity contribution in [3.05, 3.63) is 25.3 Å². The first-order chi connectivity index (χ1) is 21.3. The summed E-state index contributed by atoms with van der Waals surface area (Å²) < 4.78 is 1.18. The number of hydrogen-bond donors (Lipinski definition) is 3. The van der Waals surface area contributed by atoms with Crippen LogP contribution < -0.4 is 15.7 Å². The standard InChI is InChI=1S/C19H38N2O2.C17H32N2O3/c1-5-7-8-9-10-11-12-14-19(23)20-15-13-16-21(3,4)17-18(22)6-2;1-4-5-6-7-8-9-10-12-16(20)18-13-11-14-19(2,3)15-17(21)22/h5,18,22H,1,6-17H2,2-4H3;4H,1,5-15H2,2-3H3,(H-,18,20,21,22)/p+1. The van der Waals surface area contributed by atoms with Gasteiger partial charge in [-0.1, -0.05) is 57.6 Å². The quantitative estimate of drug-likeness (QED) is 0.0633. The van der Waals surface area contributed by atoms with Crippen molar-refractivity contribution in [2.45, 2.75) is 122 Å². The predicted octanol–water partition coefficient (Wildman–Crippen LogP) is 4.49. The van der Waals surface area contributed by atoms with E-state index in [2.05, 4.69) is 37.9 Å². The van der Waals surface area contributed by atoms with Gasteiger partial charge >= 0.3 is 0 Å². The van der Waals surface area contributed by atoms with Gasteiger partial charge in [0.1, 0.15) is 19.2 Å². The van der Waals surface area contributed by atoms with Crippen LogP contribution in [0.3, 0.4) is 0 Å². The number of likely N-dealkylation sites (N-methyl/N-ethyl adjacent to an activating group) is 2. The number of aliphatic hydroxyl groups is 1. The number of aliphatic hydroxyl groups excluding tert-OH is 1. The fourth-order valence-corrected chi connectivity index (χ4v) is 5.08. The minimum atomic E-state index is -1.04. The highest BCUT2D eigenvalue weighted by Crippen LogP contribution is 2.09. The normalized spacial score (nSPS) is 12.0. The average Bonchev–Trinajstić information content (AvgIpc) is 2.96. The summed E-state index contributed by atoms with van der Waals surface area (Å²) in [5.74, 6) is -0.770. The van der Waals surface area contributed by atoms with Crippen molar-refractivity contribution in [3.63, 3.8) is 0 Å². The first-order valence-electron chi connectivity index (χ1n) is 17.6. The van der Waals surface area contributed by atoms with Gasteiger partial charge in [-0.2, -0.15) is 0 Å². The Bertz CT molecular complexity index is 785. The first-order valence-corrected chi connectivity index (χ1v) is 17.6. The molecule has 0 spiro atoms. The van der Waals surface area contributed by atoms with Gasteiger partial charge in [0.2, 0.25) is 11.8 Å². The molecular weight excluding hydrogens is 568 g/mol. The molecule has 0 bridgehead atoms. The van der Waals surface area contributed by atoms with Crippen molar-refractivity contribution in [2.75, 3.05) is 67.5 Å². The Hall–Kier alpha value is -2.23. The maximum absolute atomic E-state index is 11.8. The number of quaternary nitrogens is 2. The van der Waals surface area contributed by atoms with E-state index in [9.17, 15) is 24.6 Å². The van der Waals surface area contributed by atoms with Crippen molar-refractivity contribution >= 4 is 17.8 Å². The van der Waals surface area contributed by atoms with Gasteiger partial charge in [-0.25, -0.2) is 0 Å². The molecule has 0 aliphatic heterocycles. The molecule has 0 aromatic rings. The van der Waals surface area contributed by atoms with Crippen molar-refractivity contribution in [1.82, 2.24) is 10.6 Å². The lowest BCUT2D eigenvalue weighted by atomic mass is 10.1. The second-order valence-electron chi connectivity index (χ2n) is 13.7. The molecule has 3 N–H and O–H groups in total. The second-order valence-corrected chi connectivity index (χ2v) is 13.7. The zero-order valence-electron chi connectivity index (χ0n) is 29.9. The summed E-state index contributed by atoms with van der Waals surface area (Å²) in [6, 6.07) is 0. The number of hydrogen-bond acceptors (Lipinski definition) is 5. The van der Waals surface area contributed by atoms with Crippen molar-refractivity contribution in [2.24, 2.45) is 0 Å². The zero-order valence-corrected chi connectivity index (χ0v) is 29.9. The van der Waals surface area contributed by atoms with Crippen LogP contribution in [0.2, 0.25) is 0 Å². The van der Waals surface area contributed by atoms with Crippen LogP contribution in [0.1, 0.15) is 116 Å². The number of carboxylic acids is 1. The van der Waals surface area contributed by atoms with Gasteiger partial charge in [0, 0.05) is 38.8 Å². The molecule has 9 nitrogen and oxygen atoms in total. The van der Waals surface area contributed by atoms with Crippen LogP contribution in [0, 0.1) is 0 Å². The van der Waals surface area contributed by atoms with Gasteiger partial charge < -0.3 is 34.6 Å². The van der Waals surface area contributed by atoms with E-state index >= 15 is 0 Å². The monoisotopic (exact) mass is 640 g/mol. The van der Waals surface area contributed by atoms with Crippen LogP contribution in [0.5, 0.6) is 0 Å². The molecule has 0 aliphatic rings. The fraction of sp³-hybridized carbons (Fsp3) is 0.806. The van der Waals surface area contributed by atoms with Gasteiger partial charge in [-0.05, 0) is 44.9 Å². The maximum atomic E-state index is 11.8. The number of nitrogens with zero attached hydrogens (tertiary/aromatic N) is 2. The molecule has 0 aliphatic carbocycles. The Morgan fingerprint density at radius 3 is 1.49 bits per heavy atom. The molecule has 0 radical (unpaired) electrons. The molecule has 9 heteroatoms. The van der Waals surface area contributed by atoms with Gasteiger partial charge in [-0.15, -0.1) is 13.2 Å². The Morgan fingerprint density at radius 1 is 0.689 bits per heavy atom. The third-order valence-electron chi connectivity index (χ3n) is 7.88. The third-order valence-corrected chi connectivity index (χ3v) is 7.88. The summed E-state index contributed by atoms with van der Waals surface area (Å²) in [4.78, 5) is 34.0. The van der Waals surface area contributed by atoms with E-state index in [0.717, 1.165) is 81.9 Å². The molecule has 1 unspecified atom stereocenters. The van der Waals surface area contributed by atoms with E-state index in [0.29, 0.717) is 30.4 Å². The lowest BCUT2D eigenvalue weighted by molar-refractivity contribution is -0.893. The van der Waals surface area contributed by atoms with Crippen LogP contribution in [-0.4, -0.2) is 105 Å². The van der Waals surface area contributed by atoms with E-state index in [4.69, 9.17) is 0 Å². The molecule has 0 fully saturated rings. The van der Waals surface area contributed by atoms with E-state index in [1.54, 1.807) is 0 Å². The third kappa shape index (κ3) is 34.5. The maximum Gasteiger partial charge on any atom is 0.219 e. The van der Waals surface area contributed by atoms with Crippen LogP contribution in [0.15, 0.2) is 25.3 Å². The molecule has 1 atom stereocenters. The van der Waals surface area contributed by atoms with E-state index in [1.807, 2.05) is 33.2 Å². The highest BCUT2D eigenvalue weighted by Gasteiger charge is 2.19. The highest BCUT2D eigenvalue weighted by atomic mass is 16.4. The molecule has 0 saturated heterocycles. The Labute approximate surface area is 276 Å². The minimum absolute atomic E-state index is 0.000198. The van der Waals surface area contributed by atoms with Crippen molar-refractivity contribution < 1.29 is 33.6 Å². The molecular formula is C36H71N4O5+. The van der Waals surface area contributed by atoms with E-state index in [1.165, 1.54) is 38.5 Å². The lowest BCUT2D eigenvalue weighted by Crippen LogP contribution is -2.49. The van der Waals surface area contributed by atoms with Gasteiger partial charge in [0.15, 0.2) is 0 Å². The smallest absolute Gasteiger partial charge is 0.219 e. The number of carbonyl (C=O) groups is 3. The number of rotatable bonds is 29. The summed E-state index contributed by atoms with van der Waals surface area (Å²) in [6.07, 6.45) is 21.0. The number of unbranched alkanes of at least 4 members (excludes halogenated alkanes) is 10. The number of aliphatic carboxylic acids is 1.